The minimum Gasteiger partial charge on any atom is -0.459 e. The Hall–Kier alpha value is -2.34. The number of aliphatic hydroxyl groups is 1. The zero-order valence-corrected chi connectivity index (χ0v) is 16.7. The molecule has 5 nitrogen and oxygen atoms in total. The first-order valence-electron chi connectivity index (χ1n) is 9.12. The van der Waals surface area contributed by atoms with Gasteiger partial charge in [0.25, 0.3) is 5.91 Å². The maximum atomic E-state index is 12.5. The van der Waals surface area contributed by atoms with E-state index in [4.69, 9.17) is 26.2 Å². The maximum absolute atomic E-state index is 12.5. The third-order valence-corrected chi connectivity index (χ3v) is 4.87. The summed E-state index contributed by atoms with van der Waals surface area (Å²) >= 11 is 6.00. The Morgan fingerprint density at radius 2 is 1.79 bits per heavy atom. The van der Waals surface area contributed by atoms with Crippen molar-refractivity contribution in [2.24, 2.45) is 0 Å². The second-order valence-electron chi connectivity index (χ2n) is 6.96. The molecule has 0 saturated carbocycles. The SMILES string of the molecule is CN(C)C(=O)C1=C[C@@H](c2ccc(Cl)cc2)C[C@@H](OCc2ccc(CO)cc2)O1. The van der Waals surface area contributed by atoms with Crippen LogP contribution in [0.15, 0.2) is 60.4 Å². The van der Waals surface area contributed by atoms with Crippen molar-refractivity contribution in [1.82, 2.24) is 4.90 Å². The third kappa shape index (κ3) is 5.13. The summed E-state index contributed by atoms with van der Waals surface area (Å²) in [5.41, 5.74) is 2.87. The van der Waals surface area contributed by atoms with E-state index in [9.17, 15) is 4.79 Å². The molecule has 1 heterocycles. The van der Waals surface area contributed by atoms with Crippen LogP contribution in [-0.4, -0.2) is 36.3 Å². The number of aliphatic hydroxyl groups excluding tert-OH is 1. The van der Waals surface area contributed by atoms with Gasteiger partial charge in [-0.05, 0) is 34.9 Å². The number of carbonyl (C=O) groups excluding carboxylic acids is 1. The number of ether oxygens (including phenoxy) is 2. The predicted molar refractivity (Wildman–Crippen MR) is 108 cm³/mol. The van der Waals surface area contributed by atoms with Gasteiger partial charge in [-0.15, -0.1) is 0 Å². The van der Waals surface area contributed by atoms with Crippen LogP contribution in [-0.2, 0) is 27.5 Å². The molecule has 3 rings (SSSR count). The molecular formula is C22H24ClNO4. The standard InChI is InChI=1S/C22H24ClNO4/c1-24(2)22(26)20-11-18(17-7-9-19(23)10-8-17)12-21(28-20)27-14-16-5-3-15(13-25)4-6-16/h3-11,18,21,25H,12-14H2,1-2H3/t18-,21+/m1/s1. The lowest BCUT2D eigenvalue weighted by atomic mass is 9.93. The molecule has 1 aliphatic rings. The van der Waals surface area contributed by atoms with Gasteiger partial charge in [-0.2, -0.15) is 0 Å². The number of likely N-dealkylation sites (N-methyl/N-ethyl adjacent to an activating group) is 1. The van der Waals surface area contributed by atoms with Crippen LogP contribution in [0.2, 0.25) is 5.02 Å². The molecule has 0 radical (unpaired) electrons. The molecule has 0 unspecified atom stereocenters. The van der Waals surface area contributed by atoms with Gasteiger partial charge in [0.15, 0.2) is 5.76 Å². The first kappa shape index (κ1) is 20.4. The van der Waals surface area contributed by atoms with Gasteiger partial charge in [-0.3, -0.25) is 4.79 Å². The van der Waals surface area contributed by atoms with E-state index in [-0.39, 0.29) is 24.2 Å². The molecule has 0 fully saturated rings. The number of rotatable bonds is 6. The van der Waals surface area contributed by atoms with Gasteiger partial charge in [0, 0.05) is 31.5 Å². The van der Waals surface area contributed by atoms with Crippen LogP contribution in [0.3, 0.4) is 0 Å². The van der Waals surface area contributed by atoms with Crippen molar-refractivity contribution in [1.29, 1.82) is 0 Å². The van der Waals surface area contributed by atoms with Crippen LogP contribution >= 0.6 is 11.6 Å². The molecule has 0 saturated heterocycles. The molecule has 28 heavy (non-hydrogen) atoms. The largest absolute Gasteiger partial charge is 0.459 e. The van der Waals surface area contributed by atoms with E-state index in [0.29, 0.717) is 18.1 Å². The van der Waals surface area contributed by atoms with E-state index in [0.717, 1.165) is 16.7 Å². The zero-order valence-electron chi connectivity index (χ0n) is 16.0. The average molecular weight is 402 g/mol. The molecule has 0 aliphatic carbocycles. The number of amides is 1. The van der Waals surface area contributed by atoms with Crippen molar-refractivity contribution >= 4 is 17.5 Å². The fraction of sp³-hybridized carbons (Fsp3) is 0.318. The molecule has 1 aliphatic heterocycles. The molecule has 1 N–H and O–H groups in total. The molecule has 148 valence electrons. The Balaban J connectivity index is 1.74. The molecule has 0 bridgehead atoms. The Morgan fingerprint density at radius 3 is 2.39 bits per heavy atom. The predicted octanol–water partition coefficient (Wildman–Crippen LogP) is 3.85. The maximum Gasteiger partial charge on any atom is 0.288 e. The number of nitrogens with zero attached hydrogens (tertiary/aromatic N) is 1. The highest BCUT2D eigenvalue weighted by Crippen LogP contribution is 2.32. The molecule has 6 heteroatoms. The van der Waals surface area contributed by atoms with Crippen molar-refractivity contribution in [2.45, 2.75) is 31.8 Å². The Morgan fingerprint density at radius 1 is 1.14 bits per heavy atom. The first-order valence-corrected chi connectivity index (χ1v) is 9.50. The smallest absolute Gasteiger partial charge is 0.288 e. The molecule has 2 aromatic carbocycles. The van der Waals surface area contributed by atoms with Crippen LogP contribution in [0.1, 0.15) is 29.0 Å². The van der Waals surface area contributed by atoms with Crippen molar-refractivity contribution in [3.05, 3.63) is 82.1 Å². The highest BCUT2D eigenvalue weighted by molar-refractivity contribution is 6.30. The average Bonchev–Trinajstić information content (AvgIpc) is 2.72. The van der Waals surface area contributed by atoms with E-state index in [2.05, 4.69) is 0 Å². The number of carbonyl (C=O) groups is 1. The van der Waals surface area contributed by atoms with Crippen molar-refractivity contribution in [2.75, 3.05) is 14.1 Å². The fourth-order valence-electron chi connectivity index (χ4n) is 3.00. The summed E-state index contributed by atoms with van der Waals surface area (Å²) in [6.07, 6.45) is 1.91. The summed E-state index contributed by atoms with van der Waals surface area (Å²) in [6, 6.07) is 15.1. The van der Waals surface area contributed by atoms with Crippen LogP contribution in [0, 0.1) is 0 Å². The van der Waals surface area contributed by atoms with Gasteiger partial charge >= 0.3 is 0 Å². The first-order chi connectivity index (χ1) is 13.5. The van der Waals surface area contributed by atoms with Crippen molar-refractivity contribution in [3.8, 4) is 0 Å². The molecule has 2 atom stereocenters. The van der Waals surface area contributed by atoms with Gasteiger partial charge < -0.3 is 19.5 Å². The van der Waals surface area contributed by atoms with E-state index >= 15 is 0 Å². The van der Waals surface area contributed by atoms with Crippen LogP contribution in [0.4, 0.5) is 0 Å². The van der Waals surface area contributed by atoms with Gasteiger partial charge in [-0.1, -0.05) is 48.0 Å². The third-order valence-electron chi connectivity index (χ3n) is 4.61. The highest BCUT2D eigenvalue weighted by Gasteiger charge is 2.29. The lowest BCUT2D eigenvalue weighted by Gasteiger charge is -2.30. The Kier molecular flexibility index (Phi) is 6.73. The van der Waals surface area contributed by atoms with E-state index in [1.54, 1.807) is 14.1 Å². The summed E-state index contributed by atoms with van der Waals surface area (Å²) < 4.78 is 11.8. The monoisotopic (exact) mass is 401 g/mol. The highest BCUT2D eigenvalue weighted by atomic mass is 35.5. The Labute approximate surface area is 170 Å². The second-order valence-corrected chi connectivity index (χ2v) is 7.39. The topological polar surface area (TPSA) is 59.0 Å². The van der Waals surface area contributed by atoms with E-state index < -0.39 is 6.29 Å². The number of hydrogen-bond acceptors (Lipinski definition) is 4. The lowest BCUT2D eigenvalue weighted by molar-refractivity contribution is -0.154. The number of allylic oxidation sites excluding steroid dienone is 1. The summed E-state index contributed by atoms with van der Waals surface area (Å²) in [6.45, 7) is 0.365. The van der Waals surface area contributed by atoms with Crippen LogP contribution < -0.4 is 0 Å². The zero-order chi connectivity index (χ0) is 20.1. The lowest BCUT2D eigenvalue weighted by Crippen LogP contribution is -2.32. The van der Waals surface area contributed by atoms with Crippen LogP contribution in [0.5, 0.6) is 0 Å². The van der Waals surface area contributed by atoms with Gasteiger partial charge in [-0.25, -0.2) is 0 Å². The second kappa shape index (κ2) is 9.24. The minimum absolute atomic E-state index is 0.00770. The van der Waals surface area contributed by atoms with Gasteiger partial charge in [0.05, 0.1) is 13.2 Å². The minimum atomic E-state index is -0.540. The Bertz CT molecular complexity index is 831. The number of benzene rings is 2. The summed E-state index contributed by atoms with van der Waals surface area (Å²) in [5.74, 6) is 0.0862. The molecule has 2 aromatic rings. The molecular weight excluding hydrogens is 378 g/mol. The summed E-state index contributed by atoms with van der Waals surface area (Å²) in [5, 5.41) is 9.81. The molecule has 0 spiro atoms. The van der Waals surface area contributed by atoms with Crippen molar-refractivity contribution in [3.63, 3.8) is 0 Å². The van der Waals surface area contributed by atoms with E-state index in [1.165, 1.54) is 4.90 Å². The van der Waals surface area contributed by atoms with Gasteiger partial charge in [0.2, 0.25) is 6.29 Å². The normalized spacial score (nSPS) is 18.9. The van der Waals surface area contributed by atoms with Crippen molar-refractivity contribution < 1.29 is 19.4 Å². The van der Waals surface area contributed by atoms with Gasteiger partial charge in [0.1, 0.15) is 0 Å². The number of hydrogen-bond donors (Lipinski definition) is 1. The fourth-order valence-corrected chi connectivity index (χ4v) is 3.13. The summed E-state index contributed by atoms with van der Waals surface area (Å²) in [4.78, 5) is 13.9. The number of halogens is 1. The van der Waals surface area contributed by atoms with Crippen LogP contribution in [0.25, 0.3) is 0 Å². The summed E-state index contributed by atoms with van der Waals surface area (Å²) in [7, 11) is 3.38. The molecule has 1 amide bonds. The van der Waals surface area contributed by atoms with E-state index in [1.807, 2.05) is 54.6 Å². The quantitative estimate of drug-likeness (QED) is 0.798. The molecule has 0 aromatic heterocycles.